The van der Waals surface area contributed by atoms with Gasteiger partial charge < -0.3 is 5.32 Å². The molecule has 2 heterocycles. The summed E-state index contributed by atoms with van der Waals surface area (Å²) in [6.45, 7) is 2.66. The molecule has 0 aromatic carbocycles. The predicted octanol–water partition coefficient (Wildman–Crippen LogP) is 2.45. The standard InChI is InChI=1S/C11H11ClN4/c1-8-2-11(12)16-6-10(8)15-5-9-3-13-7-14-4-9/h2-4,6-7,15H,5H2,1H3. The van der Waals surface area contributed by atoms with Crippen LogP contribution in [0.15, 0.2) is 31.0 Å². The first-order valence-corrected chi connectivity index (χ1v) is 5.23. The first kappa shape index (κ1) is 10.8. The summed E-state index contributed by atoms with van der Waals surface area (Å²) in [4.78, 5) is 11.9. The molecule has 4 nitrogen and oxygen atoms in total. The minimum atomic E-state index is 0.506. The summed E-state index contributed by atoms with van der Waals surface area (Å²) >= 11 is 5.78. The van der Waals surface area contributed by atoms with Crippen molar-refractivity contribution in [3.8, 4) is 0 Å². The first-order chi connectivity index (χ1) is 7.75. The third kappa shape index (κ3) is 2.67. The van der Waals surface area contributed by atoms with Gasteiger partial charge in [-0.05, 0) is 18.6 Å². The minimum Gasteiger partial charge on any atom is -0.379 e. The van der Waals surface area contributed by atoms with Gasteiger partial charge in [-0.3, -0.25) is 0 Å². The predicted molar refractivity (Wildman–Crippen MR) is 63.3 cm³/mol. The van der Waals surface area contributed by atoms with E-state index in [1.807, 2.05) is 13.0 Å². The summed E-state index contributed by atoms with van der Waals surface area (Å²) < 4.78 is 0. The molecule has 0 aliphatic heterocycles. The molecular formula is C11H11ClN4. The molecule has 0 aliphatic carbocycles. The lowest BCUT2D eigenvalue weighted by molar-refractivity contribution is 1.04. The summed E-state index contributed by atoms with van der Waals surface area (Å²) in [5.74, 6) is 0. The smallest absolute Gasteiger partial charge is 0.129 e. The highest BCUT2D eigenvalue weighted by Gasteiger charge is 2.00. The third-order valence-electron chi connectivity index (χ3n) is 2.17. The number of aromatic nitrogens is 3. The van der Waals surface area contributed by atoms with Gasteiger partial charge in [-0.1, -0.05) is 11.6 Å². The Morgan fingerprint density at radius 2 is 2.00 bits per heavy atom. The molecule has 0 atom stereocenters. The molecule has 0 saturated heterocycles. The van der Waals surface area contributed by atoms with Gasteiger partial charge in [-0.2, -0.15) is 0 Å². The van der Waals surface area contributed by atoms with Crippen LogP contribution in [0.5, 0.6) is 0 Å². The quantitative estimate of drug-likeness (QED) is 0.829. The van der Waals surface area contributed by atoms with E-state index < -0.39 is 0 Å². The van der Waals surface area contributed by atoms with Crippen molar-refractivity contribution in [3.63, 3.8) is 0 Å². The van der Waals surface area contributed by atoms with E-state index in [0.717, 1.165) is 16.8 Å². The van der Waals surface area contributed by atoms with Crippen molar-refractivity contribution in [2.45, 2.75) is 13.5 Å². The molecule has 82 valence electrons. The Labute approximate surface area is 98.7 Å². The lowest BCUT2D eigenvalue weighted by Gasteiger charge is -2.08. The summed E-state index contributed by atoms with van der Waals surface area (Å²) in [6.07, 6.45) is 6.79. The second-order valence-electron chi connectivity index (χ2n) is 3.42. The normalized spacial score (nSPS) is 10.1. The summed E-state index contributed by atoms with van der Waals surface area (Å²) in [5, 5.41) is 3.76. The van der Waals surface area contributed by atoms with Gasteiger partial charge in [0.1, 0.15) is 11.5 Å². The summed E-state index contributed by atoms with van der Waals surface area (Å²) in [7, 11) is 0. The van der Waals surface area contributed by atoms with E-state index in [-0.39, 0.29) is 0 Å². The fraction of sp³-hybridized carbons (Fsp3) is 0.182. The molecule has 0 bridgehead atoms. The first-order valence-electron chi connectivity index (χ1n) is 4.85. The largest absolute Gasteiger partial charge is 0.379 e. The van der Waals surface area contributed by atoms with Crippen molar-refractivity contribution >= 4 is 17.3 Å². The van der Waals surface area contributed by atoms with E-state index in [1.165, 1.54) is 6.33 Å². The maximum Gasteiger partial charge on any atom is 0.129 e. The third-order valence-corrected chi connectivity index (χ3v) is 2.38. The SMILES string of the molecule is Cc1cc(Cl)ncc1NCc1cncnc1. The number of anilines is 1. The highest BCUT2D eigenvalue weighted by Crippen LogP contribution is 2.17. The topological polar surface area (TPSA) is 50.7 Å². The van der Waals surface area contributed by atoms with Gasteiger partial charge in [0.25, 0.3) is 0 Å². The van der Waals surface area contributed by atoms with Crippen LogP contribution in [-0.2, 0) is 6.54 Å². The number of hydrogen-bond acceptors (Lipinski definition) is 4. The molecule has 2 rings (SSSR count). The monoisotopic (exact) mass is 234 g/mol. The molecular weight excluding hydrogens is 224 g/mol. The second-order valence-corrected chi connectivity index (χ2v) is 3.81. The van der Waals surface area contributed by atoms with Crippen LogP contribution in [0.3, 0.4) is 0 Å². The zero-order valence-electron chi connectivity index (χ0n) is 8.81. The molecule has 1 N–H and O–H groups in total. The molecule has 0 fully saturated rings. The number of rotatable bonds is 3. The zero-order valence-corrected chi connectivity index (χ0v) is 9.57. The number of nitrogens with one attached hydrogen (secondary N) is 1. The van der Waals surface area contributed by atoms with Gasteiger partial charge >= 0.3 is 0 Å². The number of pyridine rings is 1. The molecule has 0 saturated carbocycles. The molecule has 0 aliphatic rings. The molecule has 0 amide bonds. The van der Waals surface area contributed by atoms with E-state index in [9.17, 15) is 0 Å². The average Bonchev–Trinajstić information content (AvgIpc) is 2.29. The Morgan fingerprint density at radius 1 is 1.25 bits per heavy atom. The van der Waals surface area contributed by atoms with Crippen LogP contribution in [-0.4, -0.2) is 15.0 Å². The van der Waals surface area contributed by atoms with E-state index in [1.54, 1.807) is 18.6 Å². The van der Waals surface area contributed by atoms with Crippen molar-refractivity contribution in [2.24, 2.45) is 0 Å². The van der Waals surface area contributed by atoms with Gasteiger partial charge in [-0.25, -0.2) is 15.0 Å². The zero-order chi connectivity index (χ0) is 11.4. The van der Waals surface area contributed by atoms with E-state index >= 15 is 0 Å². The van der Waals surface area contributed by atoms with Crippen LogP contribution in [0, 0.1) is 6.92 Å². The molecule has 16 heavy (non-hydrogen) atoms. The van der Waals surface area contributed by atoms with Gasteiger partial charge in [0.05, 0.1) is 11.9 Å². The van der Waals surface area contributed by atoms with Gasteiger partial charge in [0.2, 0.25) is 0 Å². The van der Waals surface area contributed by atoms with E-state index in [4.69, 9.17) is 11.6 Å². The van der Waals surface area contributed by atoms with Crippen LogP contribution in [0.1, 0.15) is 11.1 Å². The summed E-state index contributed by atoms with van der Waals surface area (Å²) in [5.41, 5.74) is 3.06. The van der Waals surface area contributed by atoms with Crippen molar-refractivity contribution in [1.29, 1.82) is 0 Å². The molecule has 5 heteroatoms. The van der Waals surface area contributed by atoms with Crippen molar-refractivity contribution in [2.75, 3.05) is 5.32 Å². The number of halogens is 1. The second kappa shape index (κ2) is 4.90. The van der Waals surface area contributed by atoms with Crippen molar-refractivity contribution < 1.29 is 0 Å². The Morgan fingerprint density at radius 3 is 2.69 bits per heavy atom. The number of aryl methyl sites for hydroxylation is 1. The molecule has 0 unspecified atom stereocenters. The molecule has 2 aromatic heterocycles. The van der Waals surface area contributed by atoms with Gasteiger partial charge in [0.15, 0.2) is 0 Å². The van der Waals surface area contributed by atoms with Crippen LogP contribution < -0.4 is 5.32 Å². The summed E-state index contributed by atoms with van der Waals surface area (Å²) in [6, 6.07) is 1.82. The van der Waals surface area contributed by atoms with Crippen LogP contribution in [0.25, 0.3) is 0 Å². The molecule has 2 aromatic rings. The Hall–Kier alpha value is -1.68. The highest BCUT2D eigenvalue weighted by molar-refractivity contribution is 6.29. The average molecular weight is 235 g/mol. The van der Waals surface area contributed by atoms with Crippen LogP contribution in [0.2, 0.25) is 5.15 Å². The number of nitrogens with zero attached hydrogens (tertiary/aromatic N) is 3. The van der Waals surface area contributed by atoms with Crippen molar-refractivity contribution in [1.82, 2.24) is 15.0 Å². The van der Waals surface area contributed by atoms with E-state index in [2.05, 4.69) is 20.3 Å². The number of hydrogen-bond donors (Lipinski definition) is 1. The maximum absolute atomic E-state index is 5.78. The fourth-order valence-electron chi connectivity index (χ4n) is 1.33. The minimum absolute atomic E-state index is 0.506. The lowest BCUT2D eigenvalue weighted by atomic mass is 10.2. The van der Waals surface area contributed by atoms with E-state index in [0.29, 0.717) is 11.7 Å². The van der Waals surface area contributed by atoms with Crippen LogP contribution >= 0.6 is 11.6 Å². The highest BCUT2D eigenvalue weighted by atomic mass is 35.5. The molecule has 0 spiro atoms. The Kier molecular flexibility index (Phi) is 3.31. The van der Waals surface area contributed by atoms with Gasteiger partial charge in [0, 0.05) is 24.5 Å². The Balaban J connectivity index is 2.05. The van der Waals surface area contributed by atoms with Crippen molar-refractivity contribution in [3.05, 3.63) is 47.3 Å². The maximum atomic E-state index is 5.78. The molecule has 0 radical (unpaired) electrons. The Bertz CT molecular complexity index is 473. The lowest BCUT2D eigenvalue weighted by Crippen LogP contribution is -2.02. The van der Waals surface area contributed by atoms with Crippen LogP contribution in [0.4, 0.5) is 5.69 Å². The van der Waals surface area contributed by atoms with Gasteiger partial charge in [-0.15, -0.1) is 0 Å². The fourth-order valence-corrected chi connectivity index (χ4v) is 1.54.